The molecule has 0 fully saturated rings. The lowest BCUT2D eigenvalue weighted by Crippen LogP contribution is -2.22. The summed E-state index contributed by atoms with van der Waals surface area (Å²) in [5, 5.41) is 0. The van der Waals surface area contributed by atoms with Crippen molar-refractivity contribution in [2.24, 2.45) is 16.6 Å². The average Bonchev–Trinajstić information content (AvgIpc) is 2.85. The number of hydrogen-bond acceptors (Lipinski definition) is 4. The first-order chi connectivity index (χ1) is 16.5. The second-order valence-electron chi connectivity index (χ2n) is 8.85. The van der Waals surface area contributed by atoms with Crippen LogP contribution in [0.25, 0.3) is 28.3 Å². The molecule has 0 bridgehead atoms. The summed E-state index contributed by atoms with van der Waals surface area (Å²) < 4.78 is 0. The van der Waals surface area contributed by atoms with Crippen molar-refractivity contribution < 1.29 is 4.79 Å². The van der Waals surface area contributed by atoms with Gasteiger partial charge in [0.2, 0.25) is 0 Å². The number of fused-ring (bicyclic) bond motifs is 1. The van der Waals surface area contributed by atoms with Gasteiger partial charge in [0.1, 0.15) is 0 Å². The van der Waals surface area contributed by atoms with Crippen molar-refractivity contribution in [2.45, 2.75) is 33.6 Å². The Morgan fingerprint density at radius 1 is 1.21 bits per heavy atom. The minimum atomic E-state index is -0.0472. The first-order valence-corrected chi connectivity index (χ1v) is 11.7. The van der Waals surface area contributed by atoms with Gasteiger partial charge in [-0.3, -0.25) is 14.8 Å². The molecule has 0 radical (unpaired) electrons. The van der Waals surface area contributed by atoms with Gasteiger partial charge in [-0.25, -0.2) is 0 Å². The van der Waals surface area contributed by atoms with Crippen molar-refractivity contribution in [1.82, 2.24) is 4.98 Å². The average molecular weight is 450 g/mol. The van der Waals surface area contributed by atoms with Crippen LogP contribution >= 0.6 is 0 Å². The number of pyridine rings is 1. The van der Waals surface area contributed by atoms with Gasteiger partial charge in [-0.1, -0.05) is 50.2 Å². The molecule has 0 amide bonds. The summed E-state index contributed by atoms with van der Waals surface area (Å²) >= 11 is 0. The number of benzene rings is 2. The van der Waals surface area contributed by atoms with E-state index >= 15 is 0 Å². The molecule has 0 aliphatic heterocycles. The monoisotopic (exact) mass is 449 g/mol. The molecule has 1 heterocycles. The van der Waals surface area contributed by atoms with Gasteiger partial charge >= 0.3 is 0 Å². The van der Waals surface area contributed by atoms with Crippen LogP contribution in [0.5, 0.6) is 0 Å². The number of carbonyl (C=O) groups excluding carboxylic acids is 1. The van der Waals surface area contributed by atoms with Crippen molar-refractivity contribution in [1.29, 1.82) is 0 Å². The number of nitrogens with two attached hydrogens (primary N) is 1. The molecular weight excluding hydrogens is 418 g/mol. The highest BCUT2D eigenvalue weighted by molar-refractivity contribution is 6.27. The minimum Gasteiger partial charge on any atom is -0.404 e. The van der Waals surface area contributed by atoms with Crippen LogP contribution in [0, 0.1) is 12.8 Å². The van der Waals surface area contributed by atoms with Crippen LogP contribution in [-0.4, -0.2) is 24.0 Å². The molecule has 1 unspecified atom stereocenters. The van der Waals surface area contributed by atoms with Crippen LogP contribution in [0.15, 0.2) is 65.9 Å². The smallest absolute Gasteiger partial charge is 0.166 e. The number of aliphatic imine (C=N–C) groups is 1. The highest BCUT2D eigenvalue weighted by atomic mass is 16.1. The van der Waals surface area contributed by atoms with Gasteiger partial charge < -0.3 is 5.73 Å². The molecule has 1 aliphatic carbocycles. The first kappa shape index (κ1) is 23.4. The van der Waals surface area contributed by atoms with E-state index in [1.165, 1.54) is 28.5 Å². The Labute approximate surface area is 202 Å². The number of Topliss-reactive ketones (excluding diaryl/α,β-unsaturated/α-hetero) is 1. The lowest BCUT2D eigenvalue weighted by molar-refractivity contribution is -0.117. The second-order valence-corrected chi connectivity index (χ2v) is 8.85. The van der Waals surface area contributed by atoms with Crippen molar-refractivity contribution >= 4 is 29.2 Å². The molecule has 0 saturated carbocycles. The fourth-order valence-corrected chi connectivity index (χ4v) is 4.73. The van der Waals surface area contributed by atoms with Crippen LogP contribution in [-0.2, 0) is 17.6 Å². The molecule has 34 heavy (non-hydrogen) atoms. The van der Waals surface area contributed by atoms with E-state index in [0.717, 1.165) is 46.4 Å². The third kappa shape index (κ3) is 4.49. The number of allylic oxidation sites excluding steroid dienone is 2. The first-order valence-electron chi connectivity index (χ1n) is 11.7. The highest BCUT2D eigenvalue weighted by Crippen LogP contribution is 2.37. The zero-order valence-corrected chi connectivity index (χ0v) is 20.3. The molecule has 2 aromatic carbocycles. The van der Waals surface area contributed by atoms with E-state index in [9.17, 15) is 4.79 Å². The molecule has 1 aliphatic rings. The Hall–Kier alpha value is -3.79. The summed E-state index contributed by atoms with van der Waals surface area (Å²) in [5.41, 5.74) is 16.1. The van der Waals surface area contributed by atoms with E-state index in [1.54, 1.807) is 19.5 Å². The molecule has 172 valence electrons. The molecule has 3 aromatic rings. The van der Waals surface area contributed by atoms with Gasteiger partial charge in [0.25, 0.3) is 0 Å². The van der Waals surface area contributed by atoms with Crippen LogP contribution in [0.1, 0.15) is 47.4 Å². The molecule has 4 nitrogen and oxygen atoms in total. The third-order valence-corrected chi connectivity index (χ3v) is 6.51. The zero-order valence-electron chi connectivity index (χ0n) is 20.3. The van der Waals surface area contributed by atoms with E-state index in [1.807, 2.05) is 25.1 Å². The number of nitrogens with zero attached hydrogens (tertiary/aromatic N) is 2. The van der Waals surface area contributed by atoms with Crippen molar-refractivity contribution in [3.8, 4) is 11.1 Å². The number of hydrogen-bond donors (Lipinski definition) is 1. The number of aryl methyl sites for hydroxylation is 2. The molecule has 1 aromatic heterocycles. The van der Waals surface area contributed by atoms with Gasteiger partial charge in [0.05, 0.1) is 5.69 Å². The molecule has 4 rings (SSSR count). The quantitative estimate of drug-likeness (QED) is 0.388. The molecule has 4 heteroatoms. The van der Waals surface area contributed by atoms with Gasteiger partial charge in [0, 0.05) is 42.7 Å². The summed E-state index contributed by atoms with van der Waals surface area (Å²) in [6.07, 6.45) is 8.65. The van der Waals surface area contributed by atoms with Crippen LogP contribution in [0.3, 0.4) is 0 Å². The summed E-state index contributed by atoms with van der Waals surface area (Å²) in [6, 6.07) is 16.9. The maximum atomic E-state index is 13.3. The fraction of sp³-hybridized carbons (Fsp3) is 0.233. The summed E-state index contributed by atoms with van der Waals surface area (Å²) in [6.45, 7) is 6.34. The van der Waals surface area contributed by atoms with Crippen molar-refractivity contribution in [2.75, 3.05) is 7.05 Å². The number of carbonyl (C=O) groups is 1. The van der Waals surface area contributed by atoms with E-state index in [-0.39, 0.29) is 11.7 Å². The van der Waals surface area contributed by atoms with Gasteiger partial charge in [-0.2, -0.15) is 0 Å². The summed E-state index contributed by atoms with van der Waals surface area (Å²) in [7, 11) is 1.70. The number of aromatic nitrogens is 1. The Morgan fingerprint density at radius 3 is 2.71 bits per heavy atom. The van der Waals surface area contributed by atoms with E-state index < -0.39 is 0 Å². The largest absolute Gasteiger partial charge is 0.404 e. The second kappa shape index (κ2) is 10.0. The number of ketones is 1. The topological polar surface area (TPSA) is 68.3 Å². The van der Waals surface area contributed by atoms with Gasteiger partial charge in [-0.05, 0) is 76.9 Å². The third-order valence-electron chi connectivity index (χ3n) is 6.51. The Bertz CT molecular complexity index is 1310. The molecule has 2 N–H and O–H groups in total. The van der Waals surface area contributed by atoms with E-state index in [0.29, 0.717) is 0 Å². The maximum Gasteiger partial charge on any atom is 0.166 e. The predicted octanol–water partition coefficient (Wildman–Crippen LogP) is 5.92. The van der Waals surface area contributed by atoms with Crippen molar-refractivity contribution in [3.63, 3.8) is 0 Å². The molecule has 0 spiro atoms. The summed E-state index contributed by atoms with van der Waals surface area (Å²) in [5.74, 6) is 0.129. The van der Waals surface area contributed by atoms with E-state index in [2.05, 4.69) is 60.2 Å². The minimum absolute atomic E-state index is 0.0472. The predicted molar refractivity (Wildman–Crippen MR) is 143 cm³/mol. The van der Waals surface area contributed by atoms with Gasteiger partial charge in [-0.15, -0.1) is 0 Å². The molecule has 0 saturated heterocycles. The molecule has 1 atom stereocenters. The van der Waals surface area contributed by atoms with E-state index in [4.69, 9.17) is 5.73 Å². The zero-order chi connectivity index (χ0) is 24.2. The highest BCUT2D eigenvalue weighted by Gasteiger charge is 2.28. The fourth-order valence-electron chi connectivity index (χ4n) is 4.73. The Morgan fingerprint density at radius 2 is 2.03 bits per heavy atom. The number of rotatable bonds is 5. The normalized spacial score (nSPS) is 17.4. The van der Waals surface area contributed by atoms with Crippen LogP contribution < -0.4 is 5.73 Å². The van der Waals surface area contributed by atoms with Crippen molar-refractivity contribution in [3.05, 3.63) is 94.4 Å². The Kier molecular flexibility index (Phi) is 6.87. The Balaban J connectivity index is 1.81. The standard InChI is InChI=1S/C30H31N3O/c1-5-22-8-6-7-19(2)29(22)24-11-10-23-13-20(3)30(34)27(26(23)15-24)14-21-9-12-28(33-17-21)25(16-31)18-32-4/h6-12,14-18,20H,5,13,31H2,1-4H3/b25-16+,27-14+,32-18?. The lowest BCUT2D eigenvalue weighted by Gasteiger charge is -2.25. The van der Waals surface area contributed by atoms with Crippen LogP contribution in [0.2, 0.25) is 0 Å². The van der Waals surface area contributed by atoms with Gasteiger partial charge in [0.15, 0.2) is 5.78 Å². The maximum absolute atomic E-state index is 13.3. The SMILES string of the molecule is CCc1cccc(C)c1-c1ccc2c(c1)/C(=C\c1ccc(/C(C=NC)=C/N)nc1)C(=O)C(C)C2. The molecular formula is C30H31N3O. The summed E-state index contributed by atoms with van der Waals surface area (Å²) in [4.78, 5) is 21.9. The van der Waals surface area contributed by atoms with Crippen LogP contribution in [0.4, 0.5) is 0 Å². The lowest BCUT2D eigenvalue weighted by atomic mass is 9.78.